The Bertz CT molecular complexity index is 590. The summed E-state index contributed by atoms with van der Waals surface area (Å²) in [6.07, 6.45) is 0. The largest absolute Gasteiger partial charge is 0.439 e. The van der Waals surface area contributed by atoms with Gasteiger partial charge in [-0.15, -0.1) is 0 Å². The second kappa shape index (κ2) is 6.56. The van der Waals surface area contributed by atoms with Crippen LogP contribution in [0.15, 0.2) is 22.6 Å². The topological polar surface area (TPSA) is 50.5 Å². The molecule has 1 unspecified atom stereocenters. The number of ether oxygens (including phenoxy) is 1. The minimum Gasteiger partial charge on any atom is -0.439 e. The van der Waals surface area contributed by atoms with Crippen LogP contribution in [0.1, 0.15) is 18.4 Å². The molecule has 0 amide bonds. The predicted octanol–water partition coefficient (Wildman–Crippen LogP) is 1.95. The van der Waals surface area contributed by atoms with Crippen LogP contribution in [0.4, 0.5) is 0 Å². The Morgan fingerprint density at radius 2 is 2.14 bits per heavy atom. The molecule has 5 heteroatoms. The molecule has 21 heavy (non-hydrogen) atoms. The number of hydrogen-bond donors (Lipinski definition) is 1. The van der Waals surface area contributed by atoms with E-state index >= 15 is 0 Å². The number of nitrogens with zero attached hydrogens (tertiary/aromatic N) is 2. The van der Waals surface area contributed by atoms with Gasteiger partial charge in [0.25, 0.3) is 0 Å². The molecule has 0 saturated carbocycles. The van der Waals surface area contributed by atoms with Crippen LogP contribution in [0.2, 0.25) is 0 Å². The Morgan fingerprint density at radius 1 is 1.33 bits per heavy atom. The minimum absolute atomic E-state index is 0.402. The molecule has 1 aromatic carbocycles. The van der Waals surface area contributed by atoms with Crippen molar-refractivity contribution >= 4 is 11.1 Å². The Morgan fingerprint density at radius 3 is 2.90 bits per heavy atom. The van der Waals surface area contributed by atoms with E-state index in [1.807, 2.05) is 12.1 Å². The molecule has 3 rings (SSSR count). The summed E-state index contributed by atoms with van der Waals surface area (Å²) in [6.45, 7) is 9.69. The van der Waals surface area contributed by atoms with E-state index in [-0.39, 0.29) is 0 Å². The molecule has 0 bridgehead atoms. The third-order valence-electron chi connectivity index (χ3n) is 3.90. The van der Waals surface area contributed by atoms with Crippen molar-refractivity contribution < 1.29 is 9.15 Å². The lowest BCUT2D eigenvalue weighted by molar-refractivity contribution is 0.0342. The lowest BCUT2D eigenvalue weighted by atomic mass is 10.2. The summed E-state index contributed by atoms with van der Waals surface area (Å²) >= 11 is 0. The van der Waals surface area contributed by atoms with Gasteiger partial charge in [-0.25, -0.2) is 4.98 Å². The van der Waals surface area contributed by atoms with Gasteiger partial charge in [-0.3, -0.25) is 4.90 Å². The van der Waals surface area contributed by atoms with Crippen LogP contribution in [0.25, 0.3) is 11.1 Å². The zero-order valence-electron chi connectivity index (χ0n) is 12.8. The van der Waals surface area contributed by atoms with Crippen LogP contribution in [-0.2, 0) is 11.3 Å². The first kappa shape index (κ1) is 14.5. The Hall–Kier alpha value is -1.43. The van der Waals surface area contributed by atoms with E-state index in [4.69, 9.17) is 9.15 Å². The first-order chi connectivity index (χ1) is 10.2. The summed E-state index contributed by atoms with van der Waals surface area (Å²) in [5.74, 6) is 0.758. The fraction of sp³-hybridized carbons (Fsp3) is 0.562. The number of fused-ring (bicyclic) bond motifs is 1. The van der Waals surface area contributed by atoms with Gasteiger partial charge in [0.15, 0.2) is 5.58 Å². The fourth-order valence-electron chi connectivity index (χ4n) is 2.70. The van der Waals surface area contributed by atoms with Gasteiger partial charge < -0.3 is 14.5 Å². The molecular formula is C16H23N3O2. The van der Waals surface area contributed by atoms with Gasteiger partial charge in [0, 0.05) is 25.7 Å². The number of hydrogen-bond acceptors (Lipinski definition) is 5. The van der Waals surface area contributed by atoms with Gasteiger partial charge in [0.05, 0.1) is 19.8 Å². The van der Waals surface area contributed by atoms with Crippen molar-refractivity contribution in [3.63, 3.8) is 0 Å². The Balaban J connectivity index is 1.54. The van der Waals surface area contributed by atoms with E-state index in [0.29, 0.717) is 12.6 Å². The monoisotopic (exact) mass is 289 g/mol. The Kier molecular flexibility index (Phi) is 4.53. The highest BCUT2D eigenvalue weighted by molar-refractivity contribution is 5.76. The second-order valence-corrected chi connectivity index (χ2v) is 5.72. The number of rotatable bonds is 5. The Labute approximate surface area is 125 Å². The first-order valence-electron chi connectivity index (χ1n) is 7.61. The molecule has 2 aromatic rings. The van der Waals surface area contributed by atoms with Crippen molar-refractivity contribution in [2.24, 2.45) is 0 Å². The number of aromatic nitrogens is 1. The van der Waals surface area contributed by atoms with Gasteiger partial charge in [-0.2, -0.15) is 0 Å². The summed E-state index contributed by atoms with van der Waals surface area (Å²) in [5.41, 5.74) is 2.99. The fourth-order valence-corrected chi connectivity index (χ4v) is 2.70. The van der Waals surface area contributed by atoms with Gasteiger partial charge >= 0.3 is 0 Å². The number of morpholine rings is 1. The van der Waals surface area contributed by atoms with E-state index in [1.165, 1.54) is 0 Å². The number of nitrogens with one attached hydrogen (secondary N) is 1. The maximum Gasteiger partial charge on any atom is 0.209 e. The van der Waals surface area contributed by atoms with Crippen LogP contribution in [0, 0.1) is 6.92 Å². The van der Waals surface area contributed by atoms with Gasteiger partial charge in [-0.1, -0.05) is 12.1 Å². The maximum absolute atomic E-state index is 5.78. The first-order valence-corrected chi connectivity index (χ1v) is 7.61. The van der Waals surface area contributed by atoms with Crippen LogP contribution >= 0.6 is 0 Å². The molecule has 114 valence electrons. The molecule has 0 radical (unpaired) electrons. The van der Waals surface area contributed by atoms with Crippen LogP contribution in [-0.4, -0.2) is 48.8 Å². The minimum atomic E-state index is 0.402. The quantitative estimate of drug-likeness (QED) is 0.911. The van der Waals surface area contributed by atoms with E-state index < -0.39 is 0 Å². The second-order valence-electron chi connectivity index (χ2n) is 5.72. The highest BCUT2D eigenvalue weighted by Crippen LogP contribution is 2.18. The molecule has 1 saturated heterocycles. The van der Waals surface area contributed by atoms with E-state index in [0.717, 1.165) is 55.4 Å². The molecular weight excluding hydrogens is 266 g/mol. The molecule has 0 aliphatic carbocycles. The summed E-state index contributed by atoms with van der Waals surface area (Å²) in [6, 6.07) is 6.43. The predicted molar refractivity (Wildman–Crippen MR) is 82.3 cm³/mol. The normalized spacial score (nSPS) is 18.2. The summed E-state index contributed by atoms with van der Waals surface area (Å²) in [7, 11) is 0. The lowest BCUT2D eigenvalue weighted by Crippen LogP contribution is -2.44. The molecule has 5 nitrogen and oxygen atoms in total. The molecule has 1 atom stereocenters. The van der Waals surface area contributed by atoms with E-state index in [1.54, 1.807) is 0 Å². The molecule has 1 N–H and O–H groups in total. The van der Waals surface area contributed by atoms with Gasteiger partial charge in [-0.05, 0) is 25.5 Å². The third kappa shape index (κ3) is 3.61. The zero-order chi connectivity index (χ0) is 14.7. The van der Waals surface area contributed by atoms with Crippen molar-refractivity contribution in [3.8, 4) is 0 Å². The smallest absolute Gasteiger partial charge is 0.209 e. The standard InChI is InChI=1S/C16H23N3O2/c1-12-4-3-5-14-16(12)18-15(21-14)10-17-13(2)11-19-6-8-20-9-7-19/h3-5,13,17H,6-11H2,1-2H3. The SMILES string of the molecule is Cc1cccc2oc(CNC(C)CN3CCOCC3)nc12. The molecule has 1 aliphatic heterocycles. The molecule has 1 aromatic heterocycles. The highest BCUT2D eigenvalue weighted by atomic mass is 16.5. The van der Waals surface area contributed by atoms with Crippen molar-refractivity contribution in [3.05, 3.63) is 29.7 Å². The van der Waals surface area contributed by atoms with Crippen molar-refractivity contribution in [2.45, 2.75) is 26.4 Å². The van der Waals surface area contributed by atoms with E-state index in [2.05, 4.69) is 35.1 Å². The zero-order valence-corrected chi connectivity index (χ0v) is 12.8. The summed E-state index contributed by atoms with van der Waals surface area (Å²) in [4.78, 5) is 7.00. The third-order valence-corrected chi connectivity index (χ3v) is 3.90. The van der Waals surface area contributed by atoms with Gasteiger partial charge in [0.1, 0.15) is 5.52 Å². The number of oxazole rings is 1. The van der Waals surface area contributed by atoms with Crippen LogP contribution in [0.3, 0.4) is 0 Å². The van der Waals surface area contributed by atoms with Crippen molar-refractivity contribution in [1.29, 1.82) is 0 Å². The highest BCUT2D eigenvalue weighted by Gasteiger charge is 2.14. The molecule has 1 fully saturated rings. The number of benzene rings is 1. The van der Waals surface area contributed by atoms with Crippen molar-refractivity contribution in [2.75, 3.05) is 32.8 Å². The number of para-hydroxylation sites is 1. The van der Waals surface area contributed by atoms with Crippen LogP contribution < -0.4 is 5.32 Å². The molecule has 0 spiro atoms. The van der Waals surface area contributed by atoms with Gasteiger partial charge in [0.2, 0.25) is 5.89 Å². The summed E-state index contributed by atoms with van der Waals surface area (Å²) < 4.78 is 11.2. The van der Waals surface area contributed by atoms with E-state index in [9.17, 15) is 0 Å². The maximum atomic E-state index is 5.78. The molecule has 2 heterocycles. The average Bonchev–Trinajstić information content (AvgIpc) is 2.91. The lowest BCUT2D eigenvalue weighted by Gasteiger charge is -2.29. The number of aryl methyl sites for hydroxylation is 1. The average molecular weight is 289 g/mol. The van der Waals surface area contributed by atoms with Crippen molar-refractivity contribution in [1.82, 2.24) is 15.2 Å². The summed E-state index contributed by atoms with van der Waals surface area (Å²) in [5, 5.41) is 3.49. The van der Waals surface area contributed by atoms with Crippen LogP contribution in [0.5, 0.6) is 0 Å². The molecule has 1 aliphatic rings.